The molecular formula is C16H24ClFN2O2. The van der Waals surface area contributed by atoms with E-state index >= 15 is 0 Å². The molecule has 22 heavy (non-hydrogen) atoms. The van der Waals surface area contributed by atoms with E-state index in [1.807, 2.05) is 11.0 Å². The molecular weight excluding hydrogens is 307 g/mol. The average Bonchev–Trinajstić information content (AvgIpc) is 2.86. The second-order valence-electron chi connectivity index (χ2n) is 5.76. The normalized spacial score (nSPS) is 22.3. The summed E-state index contributed by atoms with van der Waals surface area (Å²) in [5.74, 6) is 0.156. The van der Waals surface area contributed by atoms with Crippen LogP contribution in [0.25, 0.3) is 0 Å². The molecule has 1 fully saturated rings. The Balaban J connectivity index is 0.00000242. The smallest absolute Gasteiger partial charge is 0.225 e. The molecule has 2 rings (SSSR count). The van der Waals surface area contributed by atoms with Gasteiger partial charge in [-0.1, -0.05) is 19.1 Å². The van der Waals surface area contributed by atoms with E-state index in [9.17, 15) is 9.18 Å². The highest BCUT2D eigenvalue weighted by molar-refractivity contribution is 5.85. The highest BCUT2D eigenvalue weighted by atomic mass is 35.5. The molecule has 1 saturated heterocycles. The van der Waals surface area contributed by atoms with E-state index in [0.29, 0.717) is 19.0 Å². The number of ether oxygens (including phenoxy) is 1. The summed E-state index contributed by atoms with van der Waals surface area (Å²) in [5, 5.41) is 0. The summed E-state index contributed by atoms with van der Waals surface area (Å²) >= 11 is 0. The Kier molecular flexibility index (Phi) is 7.26. The fraction of sp³-hybridized carbons (Fsp3) is 0.562. The van der Waals surface area contributed by atoms with Crippen molar-refractivity contribution in [3.8, 4) is 0 Å². The fourth-order valence-corrected chi connectivity index (χ4v) is 2.93. The lowest BCUT2D eigenvalue weighted by Gasteiger charge is -2.26. The van der Waals surface area contributed by atoms with Gasteiger partial charge in [0.05, 0.1) is 18.6 Å². The predicted octanol–water partition coefficient (Wildman–Crippen LogP) is 2.52. The summed E-state index contributed by atoms with van der Waals surface area (Å²) < 4.78 is 18.6. The van der Waals surface area contributed by atoms with Gasteiger partial charge in [0.25, 0.3) is 0 Å². The van der Waals surface area contributed by atoms with Gasteiger partial charge in [0.15, 0.2) is 0 Å². The number of benzene rings is 1. The Hall–Kier alpha value is -1.17. The third kappa shape index (κ3) is 4.41. The molecule has 0 radical (unpaired) electrons. The number of hydrogen-bond acceptors (Lipinski definition) is 3. The van der Waals surface area contributed by atoms with Crippen molar-refractivity contribution in [2.24, 2.45) is 11.7 Å². The highest BCUT2D eigenvalue weighted by Gasteiger charge is 2.34. The second-order valence-corrected chi connectivity index (χ2v) is 5.76. The molecule has 1 aliphatic rings. The predicted molar refractivity (Wildman–Crippen MR) is 86.4 cm³/mol. The van der Waals surface area contributed by atoms with E-state index in [0.717, 1.165) is 12.0 Å². The van der Waals surface area contributed by atoms with E-state index in [4.69, 9.17) is 10.5 Å². The molecule has 3 atom stereocenters. The zero-order chi connectivity index (χ0) is 15.4. The standard InChI is InChI=1S/C16H23FN2O2.ClH/c1-11-6-15(12-4-3-5-13(17)7-12)19(10-11)16(20)8-14(9-18)21-2;/h3-5,7,11,14-15H,6,8-10,18H2,1-2H3;1H. The van der Waals surface area contributed by atoms with Gasteiger partial charge in [-0.15, -0.1) is 12.4 Å². The summed E-state index contributed by atoms with van der Waals surface area (Å²) in [6, 6.07) is 6.44. The minimum absolute atomic E-state index is 0. The third-order valence-corrected chi connectivity index (χ3v) is 4.06. The summed E-state index contributed by atoms with van der Waals surface area (Å²) in [7, 11) is 1.56. The van der Waals surface area contributed by atoms with E-state index in [-0.39, 0.29) is 42.7 Å². The Morgan fingerprint density at radius 2 is 2.27 bits per heavy atom. The van der Waals surface area contributed by atoms with E-state index in [2.05, 4.69) is 6.92 Å². The van der Waals surface area contributed by atoms with Crippen LogP contribution >= 0.6 is 12.4 Å². The van der Waals surface area contributed by atoms with Crippen molar-refractivity contribution in [3.63, 3.8) is 0 Å². The van der Waals surface area contributed by atoms with Crippen molar-refractivity contribution in [1.82, 2.24) is 4.90 Å². The van der Waals surface area contributed by atoms with Gasteiger partial charge in [-0.05, 0) is 30.0 Å². The zero-order valence-corrected chi connectivity index (χ0v) is 13.8. The van der Waals surface area contributed by atoms with Crippen molar-refractivity contribution in [1.29, 1.82) is 0 Å². The average molecular weight is 331 g/mol. The first-order valence-corrected chi connectivity index (χ1v) is 7.33. The van der Waals surface area contributed by atoms with Gasteiger partial charge in [0.1, 0.15) is 5.82 Å². The molecule has 1 heterocycles. The lowest BCUT2D eigenvalue weighted by molar-refractivity contribution is -0.134. The monoisotopic (exact) mass is 330 g/mol. The lowest BCUT2D eigenvalue weighted by atomic mass is 10.0. The molecule has 0 spiro atoms. The van der Waals surface area contributed by atoms with Crippen LogP contribution in [0.3, 0.4) is 0 Å². The molecule has 124 valence electrons. The largest absolute Gasteiger partial charge is 0.380 e. The van der Waals surface area contributed by atoms with Gasteiger partial charge in [-0.2, -0.15) is 0 Å². The zero-order valence-electron chi connectivity index (χ0n) is 13.0. The maximum atomic E-state index is 13.4. The van der Waals surface area contributed by atoms with Crippen molar-refractivity contribution >= 4 is 18.3 Å². The van der Waals surface area contributed by atoms with E-state index in [1.165, 1.54) is 12.1 Å². The van der Waals surface area contributed by atoms with Gasteiger partial charge in [-0.3, -0.25) is 4.79 Å². The lowest BCUT2D eigenvalue weighted by Crippen LogP contribution is -2.36. The van der Waals surface area contributed by atoms with Gasteiger partial charge in [-0.25, -0.2) is 4.39 Å². The summed E-state index contributed by atoms with van der Waals surface area (Å²) in [4.78, 5) is 14.3. The number of likely N-dealkylation sites (tertiary alicyclic amines) is 1. The van der Waals surface area contributed by atoms with Crippen LogP contribution in [-0.4, -0.2) is 37.1 Å². The first kappa shape index (κ1) is 18.9. The highest BCUT2D eigenvalue weighted by Crippen LogP contribution is 2.36. The Morgan fingerprint density at radius 3 is 2.86 bits per heavy atom. The minimum Gasteiger partial charge on any atom is -0.380 e. The molecule has 3 unspecified atom stereocenters. The molecule has 0 aromatic heterocycles. The van der Waals surface area contributed by atoms with Gasteiger partial charge in [0, 0.05) is 20.2 Å². The number of nitrogens with zero attached hydrogens (tertiary/aromatic N) is 1. The summed E-state index contributed by atoms with van der Waals surface area (Å²) in [6.45, 7) is 3.12. The molecule has 1 aliphatic heterocycles. The van der Waals surface area contributed by atoms with Gasteiger partial charge < -0.3 is 15.4 Å². The summed E-state index contributed by atoms with van der Waals surface area (Å²) in [6.07, 6.45) is 0.864. The topological polar surface area (TPSA) is 55.6 Å². The molecule has 0 saturated carbocycles. The maximum absolute atomic E-state index is 13.4. The number of carbonyl (C=O) groups excluding carboxylic acids is 1. The maximum Gasteiger partial charge on any atom is 0.225 e. The number of nitrogens with two attached hydrogens (primary N) is 1. The van der Waals surface area contributed by atoms with Crippen LogP contribution in [0.1, 0.15) is 31.4 Å². The van der Waals surface area contributed by atoms with Crippen molar-refractivity contribution in [2.75, 3.05) is 20.2 Å². The van der Waals surface area contributed by atoms with Crippen LogP contribution in [0.5, 0.6) is 0 Å². The molecule has 2 N–H and O–H groups in total. The first-order valence-electron chi connectivity index (χ1n) is 7.33. The fourth-order valence-electron chi connectivity index (χ4n) is 2.93. The minimum atomic E-state index is -0.267. The summed E-state index contributed by atoms with van der Waals surface area (Å²) in [5.41, 5.74) is 6.43. The van der Waals surface area contributed by atoms with Crippen molar-refractivity contribution in [3.05, 3.63) is 35.6 Å². The molecule has 0 aliphatic carbocycles. The second kappa shape index (κ2) is 8.46. The Morgan fingerprint density at radius 1 is 1.55 bits per heavy atom. The SMILES string of the molecule is COC(CN)CC(=O)N1CC(C)CC1c1cccc(F)c1.Cl. The Labute approximate surface area is 137 Å². The van der Waals surface area contributed by atoms with Crippen molar-refractivity contribution in [2.45, 2.75) is 31.9 Å². The van der Waals surface area contributed by atoms with Crippen molar-refractivity contribution < 1.29 is 13.9 Å². The quantitative estimate of drug-likeness (QED) is 0.902. The van der Waals surface area contributed by atoms with Gasteiger partial charge in [0.2, 0.25) is 5.91 Å². The molecule has 6 heteroatoms. The van der Waals surface area contributed by atoms with Crippen LogP contribution in [0.4, 0.5) is 4.39 Å². The molecule has 0 bridgehead atoms. The van der Waals surface area contributed by atoms with Crippen LogP contribution in [0.2, 0.25) is 0 Å². The van der Waals surface area contributed by atoms with Crippen LogP contribution in [-0.2, 0) is 9.53 Å². The first-order chi connectivity index (χ1) is 10.0. The number of halogens is 2. The number of methoxy groups -OCH3 is 1. The molecule has 1 aromatic carbocycles. The number of amides is 1. The number of hydrogen-bond donors (Lipinski definition) is 1. The molecule has 4 nitrogen and oxygen atoms in total. The van der Waals surface area contributed by atoms with Crippen LogP contribution in [0.15, 0.2) is 24.3 Å². The van der Waals surface area contributed by atoms with Gasteiger partial charge >= 0.3 is 0 Å². The molecule has 1 aromatic rings. The van der Waals surface area contributed by atoms with E-state index in [1.54, 1.807) is 13.2 Å². The number of carbonyl (C=O) groups is 1. The van der Waals surface area contributed by atoms with Crippen LogP contribution < -0.4 is 5.73 Å². The molecule has 1 amide bonds. The van der Waals surface area contributed by atoms with E-state index < -0.39 is 0 Å². The third-order valence-electron chi connectivity index (χ3n) is 4.06. The van der Waals surface area contributed by atoms with Crippen LogP contribution in [0, 0.1) is 11.7 Å². The number of rotatable bonds is 5. The Bertz CT molecular complexity index is 497.